The highest BCUT2D eigenvalue weighted by Crippen LogP contribution is 2.22. The molecule has 1 atom stereocenters. The second kappa shape index (κ2) is 4.19. The number of carbonyl (C=O) groups excluding carboxylic acids is 3. The minimum absolute atomic E-state index is 0.0143. The van der Waals surface area contributed by atoms with Crippen LogP contribution < -0.4 is 0 Å². The molecule has 1 aliphatic heterocycles. The van der Waals surface area contributed by atoms with E-state index in [2.05, 4.69) is 0 Å². The van der Waals surface area contributed by atoms with Crippen molar-refractivity contribution in [2.24, 2.45) is 0 Å². The average Bonchev–Trinajstić information content (AvgIpc) is 2.43. The monoisotopic (exact) mass is 231 g/mol. The predicted octanol–water partition coefficient (Wildman–Crippen LogP) is 1.41. The van der Waals surface area contributed by atoms with E-state index in [1.165, 1.54) is 0 Å². The van der Waals surface area contributed by atoms with Crippen LogP contribution in [0.4, 0.5) is 9.18 Å². The highest BCUT2D eigenvalue weighted by Gasteiger charge is 2.42. The van der Waals surface area contributed by atoms with Crippen molar-refractivity contribution in [2.45, 2.75) is 45.3 Å². The lowest BCUT2D eigenvalue weighted by Crippen LogP contribution is -2.44. The predicted molar refractivity (Wildman–Crippen MR) is 52.2 cm³/mol. The van der Waals surface area contributed by atoms with Crippen LogP contribution in [0.3, 0.4) is 0 Å². The SMILES string of the molecule is CC(C)(C)OC(=O)N1C(=O)CC[C@H]1C(=O)F. The number of amides is 2. The standard InChI is InChI=1S/C10H14FNO4/c1-10(2,3)16-9(15)12-6(8(11)14)4-5-7(12)13/h6H,4-5H2,1-3H3/t6-/m0/s1. The largest absolute Gasteiger partial charge is 0.443 e. The van der Waals surface area contributed by atoms with Gasteiger partial charge in [-0.2, -0.15) is 4.39 Å². The first kappa shape index (κ1) is 12.6. The average molecular weight is 231 g/mol. The zero-order chi connectivity index (χ0) is 12.5. The van der Waals surface area contributed by atoms with Gasteiger partial charge in [0.1, 0.15) is 11.6 Å². The van der Waals surface area contributed by atoms with Crippen LogP contribution in [0.2, 0.25) is 0 Å². The van der Waals surface area contributed by atoms with E-state index < -0.39 is 29.7 Å². The molecule has 0 unspecified atom stereocenters. The summed E-state index contributed by atoms with van der Waals surface area (Å²) in [5.41, 5.74) is -0.788. The van der Waals surface area contributed by atoms with Crippen LogP contribution in [0, 0.1) is 0 Å². The maximum Gasteiger partial charge on any atom is 0.417 e. The molecule has 1 aliphatic rings. The molecule has 0 saturated carbocycles. The number of likely N-dealkylation sites (tertiary alicyclic amines) is 1. The molecule has 2 amide bonds. The molecule has 0 aromatic carbocycles. The third kappa shape index (κ3) is 2.77. The molecule has 0 aromatic heterocycles. The van der Waals surface area contributed by atoms with Crippen molar-refractivity contribution < 1.29 is 23.5 Å². The molecule has 6 heteroatoms. The first-order chi connectivity index (χ1) is 7.22. The van der Waals surface area contributed by atoms with Gasteiger partial charge in [-0.3, -0.25) is 9.59 Å². The van der Waals surface area contributed by atoms with Gasteiger partial charge in [-0.05, 0) is 27.2 Å². The molecular weight excluding hydrogens is 217 g/mol. The number of imide groups is 1. The van der Waals surface area contributed by atoms with Gasteiger partial charge in [0.15, 0.2) is 0 Å². The fraction of sp³-hybridized carbons (Fsp3) is 0.700. The van der Waals surface area contributed by atoms with E-state index in [4.69, 9.17) is 4.74 Å². The smallest absolute Gasteiger partial charge is 0.417 e. The van der Waals surface area contributed by atoms with Gasteiger partial charge in [-0.1, -0.05) is 0 Å². The van der Waals surface area contributed by atoms with E-state index in [1.807, 2.05) is 0 Å². The molecule has 0 spiro atoms. The minimum atomic E-state index is -1.68. The van der Waals surface area contributed by atoms with Gasteiger partial charge >= 0.3 is 12.1 Å². The van der Waals surface area contributed by atoms with Gasteiger partial charge in [0, 0.05) is 6.42 Å². The Hall–Kier alpha value is -1.46. The number of carbonyl (C=O) groups is 3. The Labute approximate surface area is 92.5 Å². The maximum absolute atomic E-state index is 12.6. The summed E-state index contributed by atoms with van der Waals surface area (Å²) in [4.78, 5) is 34.0. The van der Waals surface area contributed by atoms with Gasteiger partial charge in [0.05, 0.1) is 0 Å². The summed E-state index contributed by atoms with van der Waals surface area (Å²) in [6.45, 7) is 4.87. The zero-order valence-corrected chi connectivity index (χ0v) is 9.45. The molecule has 1 heterocycles. The third-order valence-corrected chi connectivity index (χ3v) is 2.06. The zero-order valence-electron chi connectivity index (χ0n) is 9.45. The lowest BCUT2D eigenvalue weighted by molar-refractivity contribution is -0.139. The normalized spacial score (nSPS) is 21.1. The van der Waals surface area contributed by atoms with Gasteiger partial charge in [-0.25, -0.2) is 9.69 Å². The summed E-state index contributed by atoms with van der Waals surface area (Å²) >= 11 is 0. The molecule has 0 bridgehead atoms. The van der Waals surface area contributed by atoms with Crippen LogP contribution in [-0.4, -0.2) is 34.6 Å². The quantitative estimate of drug-likeness (QED) is 0.640. The summed E-state index contributed by atoms with van der Waals surface area (Å²) < 4.78 is 17.5. The Morgan fingerprint density at radius 2 is 2.00 bits per heavy atom. The van der Waals surface area contributed by atoms with Gasteiger partial charge in [0.25, 0.3) is 0 Å². The van der Waals surface area contributed by atoms with Crippen LogP contribution in [0.15, 0.2) is 0 Å². The molecule has 90 valence electrons. The lowest BCUT2D eigenvalue weighted by atomic mass is 10.2. The molecule has 0 radical (unpaired) electrons. The summed E-state index contributed by atoms with van der Waals surface area (Å²) in [7, 11) is 0. The van der Waals surface area contributed by atoms with Crippen molar-refractivity contribution in [2.75, 3.05) is 0 Å². The van der Waals surface area contributed by atoms with Crippen LogP contribution in [0.25, 0.3) is 0 Å². The van der Waals surface area contributed by atoms with E-state index in [-0.39, 0.29) is 12.8 Å². The van der Waals surface area contributed by atoms with E-state index in [9.17, 15) is 18.8 Å². The molecule has 1 saturated heterocycles. The van der Waals surface area contributed by atoms with E-state index >= 15 is 0 Å². The fourth-order valence-corrected chi connectivity index (χ4v) is 1.44. The van der Waals surface area contributed by atoms with Crippen molar-refractivity contribution in [1.82, 2.24) is 4.90 Å². The Balaban J connectivity index is 2.80. The highest BCUT2D eigenvalue weighted by molar-refractivity contribution is 5.99. The van der Waals surface area contributed by atoms with Crippen molar-refractivity contribution in [1.29, 1.82) is 0 Å². The fourth-order valence-electron chi connectivity index (χ4n) is 1.44. The molecule has 0 aromatic rings. The van der Waals surface area contributed by atoms with Crippen molar-refractivity contribution in [3.05, 3.63) is 0 Å². The Morgan fingerprint density at radius 3 is 2.44 bits per heavy atom. The van der Waals surface area contributed by atoms with E-state index in [0.29, 0.717) is 4.90 Å². The maximum atomic E-state index is 12.6. The molecule has 0 aliphatic carbocycles. The Morgan fingerprint density at radius 1 is 1.44 bits per heavy atom. The first-order valence-corrected chi connectivity index (χ1v) is 4.97. The summed E-state index contributed by atoms with van der Waals surface area (Å²) in [6.07, 6.45) is -0.960. The van der Waals surface area contributed by atoms with E-state index in [1.54, 1.807) is 20.8 Å². The molecule has 1 fully saturated rings. The number of nitrogens with zero attached hydrogens (tertiary/aromatic N) is 1. The Bertz CT molecular complexity index is 334. The second-order valence-electron chi connectivity index (χ2n) is 4.60. The van der Waals surface area contributed by atoms with Crippen LogP contribution in [-0.2, 0) is 14.3 Å². The molecule has 0 N–H and O–H groups in total. The van der Waals surface area contributed by atoms with Crippen LogP contribution >= 0.6 is 0 Å². The van der Waals surface area contributed by atoms with Gasteiger partial charge in [-0.15, -0.1) is 0 Å². The van der Waals surface area contributed by atoms with Gasteiger partial charge < -0.3 is 4.74 Å². The third-order valence-electron chi connectivity index (χ3n) is 2.06. The number of hydrogen-bond acceptors (Lipinski definition) is 4. The van der Waals surface area contributed by atoms with Crippen LogP contribution in [0.5, 0.6) is 0 Å². The van der Waals surface area contributed by atoms with Crippen LogP contribution in [0.1, 0.15) is 33.6 Å². The summed E-state index contributed by atoms with van der Waals surface area (Å²) in [6, 6.07) is -3.00. The summed E-state index contributed by atoms with van der Waals surface area (Å²) in [5.74, 6) is -0.578. The number of rotatable bonds is 1. The van der Waals surface area contributed by atoms with Crippen molar-refractivity contribution in [3.63, 3.8) is 0 Å². The molecular formula is C10H14FNO4. The van der Waals surface area contributed by atoms with Crippen molar-refractivity contribution in [3.8, 4) is 0 Å². The number of halogens is 1. The highest BCUT2D eigenvalue weighted by atomic mass is 19.1. The molecule has 5 nitrogen and oxygen atoms in total. The second-order valence-corrected chi connectivity index (χ2v) is 4.60. The minimum Gasteiger partial charge on any atom is -0.443 e. The number of hydrogen-bond donors (Lipinski definition) is 0. The number of ether oxygens (including phenoxy) is 1. The lowest BCUT2D eigenvalue weighted by Gasteiger charge is -2.25. The first-order valence-electron chi connectivity index (χ1n) is 4.97. The Kier molecular flexibility index (Phi) is 3.30. The summed E-state index contributed by atoms with van der Waals surface area (Å²) in [5, 5.41) is 0. The van der Waals surface area contributed by atoms with Gasteiger partial charge in [0.2, 0.25) is 5.91 Å². The molecule has 1 rings (SSSR count). The topological polar surface area (TPSA) is 63.7 Å². The molecule has 16 heavy (non-hydrogen) atoms. The van der Waals surface area contributed by atoms with Crippen molar-refractivity contribution >= 4 is 18.0 Å². The van der Waals surface area contributed by atoms with E-state index in [0.717, 1.165) is 0 Å².